The number of hydrogen-bond donors (Lipinski definition) is 2. The van der Waals surface area contributed by atoms with Crippen LogP contribution in [-0.2, 0) is 11.2 Å². The molecular formula is C19H20N4O2. The standard InChI is InChI=1S/C19H20N4O2/c1-23-12-17(25-16-9-5-4-8-15(16)23)19(24)20-11-10-18-21-13-6-2-3-7-14(13)22-18/h2-9,17H,10-12H2,1H3,(H,20,24)(H,21,22). The molecule has 0 aliphatic carbocycles. The first-order valence-corrected chi connectivity index (χ1v) is 8.39. The smallest absolute Gasteiger partial charge is 0.262 e. The number of imidazole rings is 1. The average Bonchev–Trinajstić information content (AvgIpc) is 3.04. The number of amides is 1. The fourth-order valence-electron chi connectivity index (χ4n) is 3.09. The predicted octanol–water partition coefficient (Wildman–Crippen LogP) is 2.12. The Morgan fingerprint density at radius 2 is 2.08 bits per heavy atom. The van der Waals surface area contributed by atoms with E-state index in [9.17, 15) is 4.79 Å². The first-order chi connectivity index (χ1) is 12.2. The Morgan fingerprint density at radius 3 is 2.96 bits per heavy atom. The maximum absolute atomic E-state index is 12.4. The van der Waals surface area contributed by atoms with E-state index in [0.717, 1.165) is 28.3 Å². The van der Waals surface area contributed by atoms with Crippen LogP contribution in [0.1, 0.15) is 5.82 Å². The van der Waals surface area contributed by atoms with E-state index in [1.807, 2.05) is 60.5 Å². The molecule has 1 aromatic heterocycles. The van der Waals surface area contributed by atoms with Crippen molar-refractivity contribution in [2.24, 2.45) is 0 Å². The number of nitrogens with one attached hydrogen (secondary N) is 2. The summed E-state index contributed by atoms with van der Waals surface area (Å²) in [6.07, 6.45) is 0.148. The van der Waals surface area contributed by atoms with E-state index in [-0.39, 0.29) is 5.91 Å². The SMILES string of the molecule is CN1CC(C(=O)NCCc2nc3ccccc3[nH]2)Oc2ccccc21. The largest absolute Gasteiger partial charge is 0.477 e. The molecule has 1 unspecified atom stereocenters. The van der Waals surface area contributed by atoms with Crippen LogP contribution in [0.3, 0.4) is 0 Å². The molecule has 0 radical (unpaired) electrons. The number of anilines is 1. The van der Waals surface area contributed by atoms with Gasteiger partial charge in [0.25, 0.3) is 5.91 Å². The van der Waals surface area contributed by atoms with Crippen molar-refractivity contribution in [3.05, 3.63) is 54.4 Å². The van der Waals surface area contributed by atoms with Crippen molar-refractivity contribution in [2.45, 2.75) is 12.5 Å². The van der Waals surface area contributed by atoms with Crippen molar-refractivity contribution >= 4 is 22.6 Å². The molecule has 0 bridgehead atoms. The summed E-state index contributed by atoms with van der Waals surface area (Å²) in [5.74, 6) is 1.51. The number of H-pyrrole nitrogens is 1. The Labute approximate surface area is 145 Å². The fraction of sp³-hybridized carbons (Fsp3) is 0.263. The molecular weight excluding hydrogens is 316 g/mol. The van der Waals surface area contributed by atoms with E-state index < -0.39 is 6.10 Å². The highest BCUT2D eigenvalue weighted by Gasteiger charge is 2.28. The Bertz CT molecular complexity index is 872. The van der Waals surface area contributed by atoms with Gasteiger partial charge in [0.2, 0.25) is 0 Å². The molecule has 0 fully saturated rings. The third kappa shape index (κ3) is 3.15. The summed E-state index contributed by atoms with van der Waals surface area (Å²) in [5, 5.41) is 2.95. The van der Waals surface area contributed by atoms with Gasteiger partial charge in [-0.25, -0.2) is 4.98 Å². The number of carbonyl (C=O) groups excluding carboxylic acids is 1. The molecule has 3 aromatic rings. The highest BCUT2D eigenvalue weighted by Crippen LogP contribution is 2.31. The zero-order chi connectivity index (χ0) is 17.2. The van der Waals surface area contributed by atoms with Gasteiger partial charge in [-0.15, -0.1) is 0 Å². The molecule has 6 heteroatoms. The summed E-state index contributed by atoms with van der Waals surface area (Å²) < 4.78 is 5.84. The van der Waals surface area contributed by atoms with Crippen LogP contribution in [0.25, 0.3) is 11.0 Å². The number of carbonyl (C=O) groups is 1. The molecule has 0 saturated heterocycles. The zero-order valence-electron chi connectivity index (χ0n) is 14.0. The highest BCUT2D eigenvalue weighted by atomic mass is 16.5. The second kappa shape index (κ2) is 6.47. The van der Waals surface area contributed by atoms with Gasteiger partial charge in [-0.2, -0.15) is 0 Å². The van der Waals surface area contributed by atoms with Crippen LogP contribution in [0.2, 0.25) is 0 Å². The Hall–Kier alpha value is -3.02. The first kappa shape index (κ1) is 15.5. The van der Waals surface area contributed by atoms with Crippen LogP contribution in [0, 0.1) is 0 Å². The summed E-state index contributed by atoms with van der Waals surface area (Å²) in [4.78, 5) is 22.3. The van der Waals surface area contributed by atoms with E-state index in [1.54, 1.807) is 0 Å². The number of benzene rings is 2. The van der Waals surface area contributed by atoms with E-state index in [0.29, 0.717) is 19.5 Å². The van der Waals surface area contributed by atoms with Crippen LogP contribution in [-0.4, -0.2) is 42.1 Å². The summed E-state index contributed by atoms with van der Waals surface area (Å²) in [7, 11) is 1.97. The molecule has 2 heterocycles. The number of likely N-dealkylation sites (N-methyl/N-ethyl adjacent to an activating group) is 1. The second-order valence-corrected chi connectivity index (χ2v) is 6.20. The number of ether oxygens (including phenoxy) is 1. The Morgan fingerprint density at radius 1 is 1.28 bits per heavy atom. The Balaban J connectivity index is 1.35. The molecule has 1 atom stereocenters. The molecule has 128 valence electrons. The summed E-state index contributed by atoms with van der Waals surface area (Å²) in [6.45, 7) is 1.05. The van der Waals surface area contributed by atoms with Crippen LogP contribution in [0.4, 0.5) is 5.69 Å². The van der Waals surface area contributed by atoms with E-state index >= 15 is 0 Å². The number of aromatic nitrogens is 2. The predicted molar refractivity (Wildman–Crippen MR) is 96.9 cm³/mol. The van der Waals surface area contributed by atoms with E-state index in [4.69, 9.17) is 4.74 Å². The van der Waals surface area contributed by atoms with Crippen LogP contribution < -0.4 is 15.0 Å². The van der Waals surface area contributed by atoms with Gasteiger partial charge in [0.1, 0.15) is 11.6 Å². The van der Waals surface area contributed by atoms with Gasteiger partial charge >= 0.3 is 0 Å². The minimum Gasteiger partial charge on any atom is -0.477 e. The number of fused-ring (bicyclic) bond motifs is 2. The van der Waals surface area contributed by atoms with Crippen LogP contribution in [0.15, 0.2) is 48.5 Å². The van der Waals surface area contributed by atoms with Gasteiger partial charge in [-0.3, -0.25) is 4.79 Å². The molecule has 4 rings (SSSR count). The normalized spacial score (nSPS) is 16.4. The maximum atomic E-state index is 12.4. The third-order valence-electron chi connectivity index (χ3n) is 4.38. The monoisotopic (exact) mass is 336 g/mol. The third-order valence-corrected chi connectivity index (χ3v) is 4.38. The number of rotatable bonds is 4. The quantitative estimate of drug-likeness (QED) is 0.766. The lowest BCUT2D eigenvalue weighted by Crippen LogP contribution is -2.48. The molecule has 6 nitrogen and oxygen atoms in total. The van der Waals surface area contributed by atoms with Crippen molar-refractivity contribution in [1.29, 1.82) is 0 Å². The highest BCUT2D eigenvalue weighted by molar-refractivity contribution is 5.83. The summed E-state index contributed by atoms with van der Waals surface area (Å²) in [5.41, 5.74) is 2.96. The number of nitrogens with zero attached hydrogens (tertiary/aromatic N) is 2. The molecule has 2 aromatic carbocycles. The lowest BCUT2D eigenvalue weighted by atomic mass is 10.2. The molecule has 1 aliphatic rings. The van der Waals surface area contributed by atoms with Gasteiger partial charge in [0, 0.05) is 20.0 Å². The van der Waals surface area contributed by atoms with Gasteiger partial charge in [0.15, 0.2) is 6.10 Å². The molecule has 1 amide bonds. The summed E-state index contributed by atoms with van der Waals surface area (Å²) >= 11 is 0. The lowest BCUT2D eigenvalue weighted by Gasteiger charge is -2.32. The van der Waals surface area contributed by atoms with Gasteiger partial charge in [-0.05, 0) is 24.3 Å². The van der Waals surface area contributed by atoms with Gasteiger partial charge < -0.3 is 19.9 Å². The van der Waals surface area contributed by atoms with Crippen molar-refractivity contribution < 1.29 is 9.53 Å². The average molecular weight is 336 g/mol. The van der Waals surface area contributed by atoms with Crippen molar-refractivity contribution in [3.63, 3.8) is 0 Å². The number of para-hydroxylation sites is 4. The van der Waals surface area contributed by atoms with E-state index in [1.165, 1.54) is 0 Å². The molecule has 2 N–H and O–H groups in total. The van der Waals surface area contributed by atoms with Crippen LogP contribution in [0.5, 0.6) is 5.75 Å². The molecule has 1 aliphatic heterocycles. The topological polar surface area (TPSA) is 70.2 Å². The zero-order valence-corrected chi connectivity index (χ0v) is 14.0. The van der Waals surface area contributed by atoms with Crippen LogP contribution >= 0.6 is 0 Å². The second-order valence-electron chi connectivity index (χ2n) is 6.20. The van der Waals surface area contributed by atoms with Crippen molar-refractivity contribution in [3.8, 4) is 5.75 Å². The molecule has 25 heavy (non-hydrogen) atoms. The minimum atomic E-state index is -0.504. The van der Waals surface area contributed by atoms with Gasteiger partial charge in [-0.1, -0.05) is 24.3 Å². The van der Waals surface area contributed by atoms with Crippen molar-refractivity contribution in [1.82, 2.24) is 15.3 Å². The molecule has 0 saturated carbocycles. The minimum absolute atomic E-state index is 0.0996. The maximum Gasteiger partial charge on any atom is 0.262 e. The van der Waals surface area contributed by atoms with Gasteiger partial charge in [0.05, 0.1) is 23.3 Å². The number of hydrogen-bond acceptors (Lipinski definition) is 4. The lowest BCUT2D eigenvalue weighted by molar-refractivity contribution is -0.127. The summed E-state index contributed by atoms with van der Waals surface area (Å²) in [6, 6.07) is 15.7. The Kier molecular flexibility index (Phi) is 4.01. The fourth-order valence-corrected chi connectivity index (χ4v) is 3.09. The number of aromatic amines is 1. The molecule has 0 spiro atoms. The van der Waals surface area contributed by atoms with Crippen molar-refractivity contribution in [2.75, 3.05) is 25.0 Å². The van der Waals surface area contributed by atoms with E-state index in [2.05, 4.69) is 15.3 Å². The first-order valence-electron chi connectivity index (χ1n) is 8.39.